The highest BCUT2D eigenvalue weighted by molar-refractivity contribution is 5.96. The predicted octanol–water partition coefficient (Wildman–Crippen LogP) is 2.34. The summed E-state index contributed by atoms with van der Waals surface area (Å²) in [5.41, 5.74) is 2.61. The maximum atomic E-state index is 12.4. The van der Waals surface area contributed by atoms with Crippen LogP contribution in [-0.4, -0.2) is 24.1 Å². The third-order valence-electron chi connectivity index (χ3n) is 4.81. The topological polar surface area (TPSA) is 61.4 Å². The van der Waals surface area contributed by atoms with Crippen LogP contribution >= 0.6 is 0 Å². The Bertz CT molecular complexity index is 548. The molecule has 0 aromatic heterocycles. The molecule has 4 heteroatoms. The zero-order chi connectivity index (χ0) is 14.3. The van der Waals surface area contributed by atoms with Crippen molar-refractivity contribution < 1.29 is 9.90 Å². The summed E-state index contributed by atoms with van der Waals surface area (Å²) in [5.74, 6) is 0.362. The van der Waals surface area contributed by atoms with E-state index in [0.29, 0.717) is 5.69 Å². The molecule has 2 fully saturated rings. The number of benzene rings is 1. The maximum Gasteiger partial charge on any atom is 0.228 e. The molecular weight excluding hydrogens is 252 g/mol. The molecule has 1 amide bonds. The SMILES string of the molecule is Cc1cc(C)c(O)c(NC(=O)C2CC23CCNCC3)c1. The highest BCUT2D eigenvalue weighted by atomic mass is 16.3. The van der Waals surface area contributed by atoms with Gasteiger partial charge in [0.05, 0.1) is 5.69 Å². The molecule has 4 nitrogen and oxygen atoms in total. The number of carbonyl (C=O) groups is 1. The third-order valence-corrected chi connectivity index (χ3v) is 4.81. The second-order valence-corrected chi connectivity index (χ2v) is 6.34. The largest absolute Gasteiger partial charge is 0.505 e. The zero-order valence-corrected chi connectivity index (χ0v) is 12.1. The van der Waals surface area contributed by atoms with Gasteiger partial charge in [0.15, 0.2) is 0 Å². The van der Waals surface area contributed by atoms with Gasteiger partial charge in [0.25, 0.3) is 0 Å². The quantitative estimate of drug-likeness (QED) is 0.725. The molecular formula is C16H22N2O2. The van der Waals surface area contributed by atoms with Crippen LogP contribution in [0.4, 0.5) is 5.69 Å². The number of aromatic hydroxyl groups is 1. The standard InChI is InChI=1S/C16H22N2O2/c1-10-7-11(2)14(19)13(8-10)18-15(20)12-9-16(12)3-5-17-6-4-16/h7-8,12,17,19H,3-6,9H2,1-2H3,(H,18,20). The first-order valence-corrected chi connectivity index (χ1v) is 7.34. The van der Waals surface area contributed by atoms with Crippen LogP contribution in [0.1, 0.15) is 30.4 Å². The van der Waals surface area contributed by atoms with E-state index in [0.717, 1.165) is 43.5 Å². The maximum absolute atomic E-state index is 12.4. The van der Waals surface area contributed by atoms with E-state index in [1.54, 1.807) is 0 Å². The number of amides is 1. The van der Waals surface area contributed by atoms with Crippen LogP contribution in [0.15, 0.2) is 12.1 Å². The van der Waals surface area contributed by atoms with Crippen molar-refractivity contribution in [2.24, 2.45) is 11.3 Å². The number of nitrogens with one attached hydrogen (secondary N) is 2. The molecule has 1 unspecified atom stereocenters. The molecule has 1 atom stereocenters. The van der Waals surface area contributed by atoms with Gasteiger partial charge in [-0.2, -0.15) is 0 Å². The summed E-state index contributed by atoms with van der Waals surface area (Å²) in [5, 5.41) is 16.3. The van der Waals surface area contributed by atoms with Gasteiger partial charge in [-0.05, 0) is 68.8 Å². The summed E-state index contributed by atoms with van der Waals surface area (Å²) in [4.78, 5) is 12.4. The zero-order valence-electron chi connectivity index (χ0n) is 12.1. The van der Waals surface area contributed by atoms with E-state index in [9.17, 15) is 9.90 Å². The summed E-state index contributed by atoms with van der Waals surface area (Å²) >= 11 is 0. The molecule has 1 saturated heterocycles. The predicted molar refractivity (Wildman–Crippen MR) is 78.9 cm³/mol. The van der Waals surface area contributed by atoms with Crippen LogP contribution < -0.4 is 10.6 Å². The van der Waals surface area contributed by atoms with Crippen molar-refractivity contribution in [3.8, 4) is 5.75 Å². The minimum Gasteiger partial charge on any atom is -0.505 e. The Balaban J connectivity index is 1.71. The molecule has 3 rings (SSSR count). The number of aryl methyl sites for hydroxylation is 2. The molecule has 1 aliphatic carbocycles. The lowest BCUT2D eigenvalue weighted by atomic mass is 9.91. The number of anilines is 1. The first-order chi connectivity index (χ1) is 9.52. The Morgan fingerprint density at radius 3 is 2.75 bits per heavy atom. The van der Waals surface area contributed by atoms with Crippen molar-refractivity contribution >= 4 is 11.6 Å². The Morgan fingerprint density at radius 1 is 1.35 bits per heavy atom. The smallest absolute Gasteiger partial charge is 0.228 e. The first kappa shape index (κ1) is 13.4. The molecule has 108 valence electrons. The van der Waals surface area contributed by atoms with Gasteiger partial charge in [0.2, 0.25) is 5.91 Å². The van der Waals surface area contributed by atoms with Gasteiger partial charge >= 0.3 is 0 Å². The van der Waals surface area contributed by atoms with Crippen LogP contribution in [0.3, 0.4) is 0 Å². The average molecular weight is 274 g/mol. The number of phenols is 1. The minimum atomic E-state index is 0.0622. The summed E-state index contributed by atoms with van der Waals surface area (Å²) in [7, 11) is 0. The molecule has 20 heavy (non-hydrogen) atoms. The Hall–Kier alpha value is -1.55. The van der Waals surface area contributed by atoms with E-state index in [1.807, 2.05) is 26.0 Å². The third kappa shape index (κ3) is 2.29. The fraction of sp³-hybridized carbons (Fsp3) is 0.562. The molecule has 0 radical (unpaired) electrons. The molecule has 1 aromatic carbocycles. The van der Waals surface area contributed by atoms with Crippen LogP contribution in [-0.2, 0) is 4.79 Å². The molecule has 3 N–H and O–H groups in total. The highest BCUT2D eigenvalue weighted by Gasteiger charge is 2.57. The number of carbonyl (C=O) groups excluding carboxylic acids is 1. The summed E-state index contributed by atoms with van der Waals surface area (Å²) in [6, 6.07) is 3.74. The summed E-state index contributed by atoms with van der Waals surface area (Å²) in [6.45, 7) is 5.84. The fourth-order valence-electron chi connectivity index (χ4n) is 3.47. The van der Waals surface area contributed by atoms with Gasteiger partial charge in [-0.25, -0.2) is 0 Å². The number of phenolic OH excluding ortho intramolecular Hbond substituents is 1. The van der Waals surface area contributed by atoms with Crippen molar-refractivity contribution in [3.05, 3.63) is 23.3 Å². The molecule has 1 spiro atoms. The van der Waals surface area contributed by atoms with Crippen molar-refractivity contribution in [1.29, 1.82) is 0 Å². The van der Waals surface area contributed by atoms with Crippen LogP contribution in [0, 0.1) is 25.2 Å². The van der Waals surface area contributed by atoms with Gasteiger partial charge < -0.3 is 15.7 Å². The second kappa shape index (κ2) is 4.77. The summed E-state index contributed by atoms with van der Waals surface area (Å²) < 4.78 is 0. The normalized spacial score (nSPS) is 23.6. The van der Waals surface area contributed by atoms with Crippen LogP contribution in [0.25, 0.3) is 0 Å². The number of piperidine rings is 1. The minimum absolute atomic E-state index is 0.0622. The van der Waals surface area contributed by atoms with Crippen molar-refractivity contribution in [2.75, 3.05) is 18.4 Å². The van der Waals surface area contributed by atoms with E-state index in [2.05, 4.69) is 10.6 Å². The van der Waals surface area contributed by atoms with Gasteiger partial charge in [0, 0.05) is 5.92 Å². The Kier molecular flexibility index (Phi) is 3.21. The molecule has 1 saturated carbocycles. The Labute approximate surface area is 119 Å². The van der Waals surface area contributed by atoms with E-state index in [4.69, 9.17) is 0 Å². The average Bonchev–Trinajstić information content (AvgIpc) is 3.10. The van der Waals surface area contributed by atoms with E-state index in [-0.39, 0.29) is 23.0 Å². The molecule has 1 heterocycles. The van der Waals surface area contributed by atoms with Gasteiger partial charge in [-0.3, -0.25) is 4.79 Å². The highest BCUT2D eigenvalue weighted by Crippen LogP contribution is 2.58. The van der Waals surface area contributed by atoms with Crippen LogP contribution in [0.2, 0.25) is 0 Å². The number of rotatable bonds is 2. The first-order valence-electron chi connectivity index (χ1n) is 7.34. The lowest BCUT2D eigenvalue weighted by molar-refractivity contribution is -0.118. The summed E-state index contributed by atoms with van der Waals surface area (Å²) in [6.07, 6.45) is 3.17. The van der Waals surface area contributed by atoms with Crippen molar-refractivity contribution in [2.45, 2.75) is 33.1 Å². The molecule has 1 aliphatic heterocycles. The van der Waals surface area contributed by atoms with E-state index in [1.165, 1.54) is 0 Å². The fourth-order valence-corrected chi connectivity index (χ4v) is 3.47. The van der Waals surface area contributed by atoms with Crippen molar-refractivity contribution in [1.82, 2.24) is 5.32 Å². The van der Waals surface area contributed by atoms with E-state index >= 15 is 0 Å². The second-order valence-electron chi connectivity index (χ2n) is 6.34. The lowest BCUT2D eigenvalue weighted by Crippen LogP contribution is -2.31. The van der Waals surface area contributed by atoms with Gasteiger partial charge in [0.1, 0.15) is 5.75 Å². The van der Waals surface area contributed by atoms with Gasteiger partial charge in [-0.1, -0.05) is 6.07 Å². The number of hydrogen-bond acceptors (Lipinski definition) is 3. The Morgan fingerprint density at radius 2 is 2.05 bits per heavy atom. The lowest BCUT2D eigenvalue weighted by Gasteiger charge is -2.23. The molecule has 0 bridgehead atoms. The molecule has 1 aromatic rings. The van der Waals surface area contributed by atoms with Gasteiger partial charge in [-0.15, -0.1) is 0 Å². The van der Waals surface area contributed by atoms with Crippen LogP contribution in [0.5, 0.6) is 5.75 Å². The monoisotopic (exact) mass is 274 g/mol. The van der Waals surface area contributed by atoms with E-state index < -0.39 is 0 Å². The number of hydrogen-bond donors (Lipinski definition) is 3. The van der Waals surface area contributed by atoms with Crippen molar-refractivity contribution in [3.63, 3.8) is 0 Å². The molecule has 2 aliphatic rings.